The summed E-state index contributed by atoms with van der Waals surface area (Å²) in [5.41, 5.74) is 0. The van der Waals surface area contributed by atoms with Gasteiger partial charge in [-0.25, -0.2) is 0 Å². The second-order valence-electron chi connectivity index (χ2n) is 5.47. The molecular formula is C14H24N2O2. The van der Waals surface area contributed by atoms with E-state index >= 15 is 0 Å². The summed E-state index contributed by atoms with van der Waals surface area (Å²) in [4.78, 5) is 26.3. The van der Waals surface area contributed by atoms with Crippen LogP contribution in [-0.4, -0.2) is 60.6 Å². The number of likely N-dealkylation sites (tertiary alicyclic amines) is 2. The monoisotopic (exact) mass is 252 g/mol. The molecule has 102 valence electrons. The third kappa shape index (κ3) is 3.39. The summed E-state index contributed by atoms with van der Waals surface area (Å²) in [6.07, 6.45) is 8.46. The maximum absolute atomic E-state index is 11.0. The molecule has 0 amide bonds. The molecule has 4 heteroatoms. The predicted molar refractivity (Wildman–Crippen MR) is 70.6 cm³/mol. The summed E-state index contributed by atoms with van der Waals surface area (Å²) < 4.78 is 0. The fraction of sp³-hybridized carbons (Fsp3) is 0.857. The first-order valence-electron chi connectivity index (χ1n) is 7.22. The lowest BCUT2D eigenvalue weighted by Crippen LogP contribution is -2.49. The second kappa shape index (κ2) is 7.00. The first-order chi connectivity index (χ1) is 8.85. The zero-order chi connectivity index (χ0) is 12.8. The molecular weight excluding hydrogens is 228 g/mol. The van der Waals surface area contributed by atoms with Crippen molar-refractivity contribution in [1.29, 1.82) is 0 Å². The summed E-state index contributed by atoms with van der Waals surface area (Å²) in [5.74, 6) is 0. The molecule has 0 bridgehead atoms. The molecule has 0 aromatic heterocycles. The third-order valence-corrected chi connectivity index (χ3v) is 4.37. The van der Waals surface area contributed by atoms with Crippen LogP contribution in [0.25, 0.3) is 0 Å². The largest absolute Gasteiger partial charge is 0.303 e. The fourth-order valence-corrected chi connectivity index (χ4v) is 3.26. The van der Waals surface area contributed by atoms with E-state index in [9.17, 15) is 9.59 Å². The lowest BCUT2D eigenvalue weighted by atomic mass is 9.98. The summed E-state index contributed by atoms with van der Waals surface area (Å²) in [7, 11) is 0. The van der Waals surface area contributed by atoms with Gasteiger partial charge in [0.05, 0.1) is 6.04 Å². The molecule has 2 aliphatic rings. The van der Waals surface area contributed by atoms with Crippen LogP contribution >= 0.6 is 0 Å². The third-order valence-electron chi connectivity index (χ3n) is 4.37. The zero-order valence-electron chi connectivity index (χ0n) is 11.1. The van der Waals surface area contributed by atoms with E-state index in [1.54, 1.807) is 0 Å². The summed E-state index contributed by atoms with van der Waals surface area (Å²) in [6, 6.07) is 0.509. The molecule has 0 aliphatic carbocycles. The molecule has 2 rings (SSSR count). The zero-order valence-corrected chi connectivity index (χ0v) is 11.1. The van der Waals surface area contributed by atoms with E-state index < -0.39 is 0 Å². The smallest absolute Gasteiger partial charge is 0.137 e. The Kier molecular flexibility index (Phi) is 5.32. The Morgan fingerprint density at radius 3 is 2.22 bits per heavy atom. The lowest BCUT2D eigenvalue weighted by Gasteiger charge is -2.41. The Morgan fingerprint density at radius 2 is 1.67 bits per heavy atom. The van der Waals surface area contributed by atoms with Gasteiger partial charge in [0.1, 0.15) is 12.6 Å². The molecule has 1 atom stereocenters. The van der Waals surface area contributed by atoms with Crippen LogP contribution in [0.4, 0.5) is 0 Å². The molecule has 0 aromatic carbocycles. The standard InChI is InChI=1S/C14H24N2O2/c17-11-6-14(12-18)16-9-4-13(5-10-16)15-7-2-1-3-8-15/h11-14H,1-10H2. The molecule has 0 N–H and O–H groups in total. The lowest BCUT2D eigenvalue weighted by molar-refractivity contribution is -0.117. The molecule has 0 spiro atoms. The van der Waals surface area contributed by atoms with E-state index in [0.717, 1.165) is 38.5 Å². The number of rotatable bonds is 5. The van der Waals surface area contributed by atoms with E-state index in [-0.39, 0.29) is 6.04 Å². The van der Waals surface area contributed by atoms with Crippen molar-refractivity contribution in [3.63, 3.8) is 0 Å². The molecule has 2 aliphatic heterocycles. The quantitative estimate of drug-likeness (QED) is 0.687. The number of aldehydes is 2. The number of carbonyl (C=O) groups is 2. The van der Waals surface area contributed by atoms with Gasteiger partial charge in [-0.3, -0.25) is 4.90 Å². The van der Waals surface area contributed by atoms with Gasteiger partial charge in [0.2, 0.25) is 0 Å². The van der Waals surface area contributed by atoms with E-state index in [1.165, 1.54) is 32.4 Å². The van der Waals surface area contributed by atoms with Crippen LogP contribution in [0, 0.1) is 0 Å². The minimum Gasteiger partial charge on any atom is -0.303 e. The van der Waals surface area contributed by atoms with Gasteiger partial charge in [0, 0.05) is 25.6 Å². The number of hydrogen-bond donors (Lipinski definition) is 0. The van der Waals surface area contributed by atoms with Crippen LogP contribution in [0.15, 0.2) is 0 Å². The molecule has 18 heavy (non-hydrogen) atoms. The van der Waals surface area contributed by atoms with Crippen molar-refractivity contribution in [2.45, 2.75) is 50.6 Å². The minimum atomic E-state index is -0.190. The van der Waals surface area contributed by atoms with Crippen LogP contribution in [0.1, 0.15) is 38.5 Å². The van der Waals surface area contributed by atoms with Gasteiger partial charge in [-0.1, -0.05) is 6.42 Å². The Labute approximate surface area is 109 Å². The first kappa shape index (κ1) is 13.7. The Morgan fingerprint density at radius 1 is 1.00 bits per heavy atom. The molecule has 0 saturated carbocycles. The SMILES string of the molecule is O=CCC(C=O)N1CCC(N2CCCCC2)CC1. The van der Waals surface area contributed by atoms with Crippen molar-refractivity contribution >= 4 is 12.6 Å². The van der Waals surface area contributed by atoms with E-state index in [0.29, 0.717) is 12.5 Å². The van der Waals surface area contributed by atoms with Crippen molar-refractivity contribution in [1.82, 2.24) is 9.80 Å². The molecule has 2 heterocycles. The molecule has 2 fully saturated rings. The summed E-state index contributed by atoms with van der Waals surface area (Å²) in [5, 5.41) is 0. The van der Waals surface area contributed by atoms with Gasteiger partial charge >= 0.3 is 0 Å². The number of piperidine rings is 2. The van der Waals surface area contributed by atoms with E-state index in [1.807, 2.05) is 0 Å². The maximum Gasteiger partial charge on any atom is 0.137 e. The highest BCUT2D eigenvalue weighted by Gasteiger charge is 2.28. The topological polar surface area (TPSA) is 40.6 Å². The average Bonchev–Trinajstić information content (AvgIpc) is 2.46. The van der Waals surface area contributed by atoms with Crippen LogP contribution in [0.3, 0.4) is 0 Å². The summed E-state index contributed by atoms with van der Waals surface area (Å²) >= 11 is 0. The Balaban J connectivity index is 1.79. The average molecular weight is 252 g/mol. The van der Waals surface area contributed by atoms with Gasteiger partial charge in [0.15, 0.2) is 0 Å². The van der Waals surface area contributed by atoms with Gasteiger partial charge in [-0.05, 0) is 38.8 Å². The molecule has 0 aromatic rings. The summed E-state index contributed by atoms with van der Waals surface area (Å²) in [6.45, 7) is 4.41. The van der Waals surface area contributed by atoms with Crippen LogP contribution in [-0.2, 0) is 9.59 Å². The highest BCUT2D eigenvalue weighted by molar-refractivity contribution is 5.65. The molecule has 0 radical (unpaired) electrons. The normalized spacial score (nSPS) is 25.8. The predicted octanol–water partition coefficient (Wildman–Crippen LogP) is 1.09. The van der Waals surface area contributed by atoms with Gasteiger partial charge < -0.3 is 14.5 Å². The maximum atomic E-state index is 11.0. The highest BCUT2D eigenvalue weighted by Crippen LogP contribution is 2.21. The second-order valence-corrected chi connectivity index (χ2v) is 5.47. The van der Waals surface area contributed by atoms with Crippen molar-refractivity contribution < 1.29 is 9.59 Å². The van der Waals surface area contributed by atoms with Gasteiger partial charge in [0.25, 0.3) is 0 Å². The molecule has 1 unspecified atom stereocenters. The van der Waals surface area contributed by atoms with Gasteiger partial charge in [-0.2, -0.15) is 0 Å². The Hall–Kier alpha value is -0.740. The van der Waals surface area contributed by atoms with Crippen molar-refractivity contribution in [2.24, 2.45) is 0 Å². The number of hydrogen-bond acceptors (Lipinski definition) is 4. The van der Waals surface area contributed by atoms with Crippen molar-refractivity contribution in [3.8, 4) is 0 Å². The van der Waals surface area contributed by atoms with Crippen LogP contribution < -0.4 is 0 Å². The first-order valence-corrected chi connectivity index (χ1v) is 7.22. The number of nitrogens with zero attached hydrogens (tertiary/aromatic N) is 2. The van der Waals surface area contributed by atoms with Crippen LogP contribution in [0.5, 0.6) is 0 Å². The fourth-order valence-electron chi connectivity index (χ4n) is 3.26. The van der Waals surface area contributed by atoms with E-state index in [2.05, 4.69) is 9.80 Å². The van der Waals surface area contributed by atoms with Crippen molar-refractivity contribution in [2.75, 3.05) is 26.2 Å². The Bertz CT molecular complexity index is 269. The highest BCUT2D eigenvalue weighted by atomic mass is 16.1. The van der Waals surface area contributed by atoms with Crippen molar-refractivity contribution in [3.05, 3.63) is 0 Å². The van der Waals surface area contributed by atoms with Crippen LogP contribution in [0.2, 0.25) is 0 Å². The number of carbonyl (C=O) groups excluding carboxylic acids is 2. The minimum absolute atomic E-state index is 0.190. The van der Waals surface area contributed by atoms with E-state index in [4.69, 9.17) is 0 Å². The molecule has 2 saturated heterocycles. The van der Waals surface area contributed by atoms with Gasteiger partial charge in [-0.15, -0.1) is 0 Å². The molecule has 4 nitrogen and oxygen atoms in total.